The number of benzene rings is 2. The summed E-state index contributed by atoms with van der Waals surface area (Å²) in [5.41, 5.74) is 4.65. The number of carbonyl (C=O) groups excluding carboxylic acids is 1. The van der Waals surface area contributed by atoms with E-state index in [0.29, 0.717) is 16.9 Å². The highest BCUT2D eigenvalue weighted by Gasteiger charge is 2.30. The van der Waals surface area contributed by atoms with Gasteiger partial charge in [0.15, 0.2) is 9.84 Å². The number of halogens is 1. The Bertz CT molecular complexity index is 1370. The summed E-state index contributed by atoms with van der Waals surface area (Å²) in [6.45, 7) is 1.95. The molecule has 32 heavy (non-hydrogen) atoms. The molecule has 5 rings (SSSR count). The monoisotopic (exact) mass is 511 g/mol. The van der Waals surface area contributed by atoms with Crippen LogP contribution < -0.4 is 5.32 Å². The van der Waals surface area contributed by atoms with E-state index in [2.05, 4.69) is 21.2 Å². The van der Waals surface area contributed by atoms with Gasteiger partial charge in [0.2, 0.25) is 0 Å². The molecule has 3 aromatic rings. The Labute approximate surface area is 195 Å². The molecule has 1 aromatic heterocycles. The first kappa shape index (κ1) is 21.2. The summed E-state index contributed by atoms with van der Waals surface area (Å²) < 4.78 is 33.5. The molecule has 0 spiro atoms. The van der Waals surface area contributed by atoms with Crippen molar-refractivity contribution in [2.75, 3.05) is 5.32 Å². The molecule has 0 saturated heterocycles. The predicted octanol–water partition coefficient (Wildman–Crippen LogP) is 5.70. The van der Waals surface area contributed by atoms with Crippen LogP contribution in [0.25, 0.3) is 11.6 Å². The summed E-state index contributed by atoms with van der Waals surface area (Å²) in [6.07, 6.45) is 5.29. The number of rotatable bonds is 4. The summed E-state index contributed by atoms with van der Waals surface area (Å²) in [4.78, 5) is 13.1. The molecule has 2 aromatic carbocycles. The second kappa shape index (κ2) is 8.05. The molecule has 0 atom stereocenters. The number of amides is 1. The van der Waals surface area contributed by atoms with Crippen molar-refractivity contribution >= 4 is 49.0 Å². The molecule has 0 bridgehead atoms. The SMILES string of the molecule is Cc1c(Br)ccc2c1C(=Cc1oc3c(c1CS(=O)(=O)c1ccccc1)CCCC3)C(=O)N2. The summed E-state index contributed by atoms with van der Waals surface area (Å²) in [7, 11) is -3.56. The lowest BCUT2D eigenvalue weighted by Crippen LogP contribution is -2.09. The first-order valence-electron chi connectivity index (χ1n) is 10.6. The third-order valence-electron chi connectivity index (χ3n) is 6.19. The molecular formula is C25H22BrNO4S. The van der Waals surface area contributed by atoms with Crippen LogP contribution in [0.2, 0.25) is 0 Å². The van der Waals surface area contributed by atoms with Crippen LogP contribution in [0.1, 0.15) is 46.6 Å². The lowest BCUT2D eigenvalue weighted by atomic mass is 9.94. The molecule has 1 amide bonds. The summed E-state index contributed by atoms with van der Waals surface area (Å²) in [6, 6.07) is 12.2. The second-order valence-corrected chi connectivity index (χ2v) is 11.1. The van der Waals surface area contributed by atoms with E-state index in [0.717, 1.165) is 58.3 Å². The zero-order valence-electron chi connectivity index (χ0n) is 17.6. The zero-order chi connectivity index (χ0) is 22.5. The number of aryl methyl sites for hydroxylation is 1. The Hall–Kier alpha value is -2.64. The van der Waals surface area contributed by atoms with Gasteiger partial charge in [-0.1, -0.05) is 34.1 Å². The van der Waals surface area contributed by atoms with E-state index >= 15 is 0 Å². The Morgan fingerprint density at radius 2 is 1.84 bits per heavy atom. The van der Waals surface area contributed by atoms with Crippen molar-refractivity contribution in [1.29, 1.82) is 0 Å². The van der Waals surface area contributed by atoms with Crippen molar-refractivity contribution in [2.24, 2.45) is 0 Å². The van der Waals surface area contributed by atoms with Crippen LogP contribution in [0.15, 0.2) is 56.2 Å². The summed E-state index contributed by atoms with van der Waals surface area (Å²) >= 11 is 3.54. The van der Waals surface area contributed by atoms with Crippen molar-refractivity contribution in [3.8, 4) is 0 Å². The Morgan fingerprint density at radius 1 is 1.09 bits per heavy atom. The van der Waals surface area contributed by atoms with E-state index in [4.69, 9.17) is 4.42 Å². The minimum Gasteiger partial charge on any atom is -0.461 e. The fourth-order valence-electron chi connectivity index (χ4n) is 4.54. The third kappa shape index (κ3) is 3.63. The number of sulfone groups is 1. The fourth-order valence-corrected chi connectivity index (χ4v) is 6.30. The highest BCUT2D eigenvalue weighted by atomic mass is 79.9. The van der Waals surface area contributed by atoms with E-state index in [1.165, 1.54) is 0 Å². The first-order valence-corrected chi connectivity index (χ1v) is 13.0. The van der Waals surface area contributed by atoms with Gasteiger partial charge in [-0.3, -0.25) is 4.79 Å². The number of fused-ring (bicyclic) bond motifs is 2. The lowest BCUT2D eigenvalue weighted by Gasteiger charge is -2.11. The molecule has 0 unspecified atom stereocenters. The highest BCUT2D eigenvalue weighted by molar-refractivity contribution is 9.10. The van der Waals surface area contributed by atoms with Gasteiger partial charge in [0.05, 0.1) is 16.2 Å². The van der Waals surface area contributed by atoms with E-state index in [1.54, 1.807) is 36.4 Å². The molecule has 5 nitrogen and oxygen atoms in total. The van der Waals surface area contributed by atoms with Crippen molar-refractivity contribution in [3.05, 3.63) is 80.7 Å². The van der Waals surface area contributed by atoms with Crippen LogP contribution in [-0.2, 0) is 33.2 Å². The number of carbonyl (C=O) groups is 1. The fraction of sp³-hybridized carbons (Fsp3) is 0.240. The van der Waals surface area contributed by atoms with Crippen LogP contribution in [-0.4, -0.2) is 14.3 Å². The highest BCUT2D eigenvalue weighted by Crippen LogP contribution is 2.40. The number of hydrogen-bond acceptors (Lipinski definition) is 4. The van der Waals surface area contributed by atoms with Crippen LogP contribution >= 0.6 is 15.9 Å². The predicted molar refractivity (Wildman–Crippen MR) is 128 cm³/mol. The molecule has 1 aliphatic carbocycles. The van der Waals surface area contributed by atoms with Gasteiger partial charge in [-0.05, 0) is 67.7 Å². The quantitative estimate of drug-likeness (QED) is 0.456. The van der Waals surface area contributed by atoms with E-state index in [1.807, 2.05) is 19.1 Å². The number of furan rings is 1. The number of nitrogens with one attached hydrogen (secondary N) is 1. The van der Waals surface area contributed by atoms with Gasteiger partial charge >= 0.3 is 0 Å². The molecule has 1 N–H and O–H groups in total. The maximum atomic E-state index is 13.2. The average Bonchev–Trinajstić information content (AvgIpc) is 3.29. The minimum atomic E-state index is -3.56. The molecule has 0 saturated carbocycles. The molecule has 2 aliphatic rings. The van der Waals surface area contributed by atoms with Crippen molar-refractivity contribution < 1.29 is 17.6 Å². The van der Waals surface area contributed by atoms with Crippen molar-refractivity contribution in [3.63, 3.8) is 0 Å². The Kier molecular flexibility index (Phi) is 5.34. The van der Waals surface area contributed by atoms with Gasteiger partial charge in [-0.15, -0.1) is 0 Å². The lowest BCUT2D eigenvalue weighted by molar-refractivity contribution is -0.110. The summed E-state index contributed by atoms with van der Waals surface area (Å²) in [5.74, 6) is 0.938. The molecular weight excluding hydrogens is 490 g/mol. The standard InChI is InChI=1S/C25H22BrNO4S/c1-15-20(26)11-12-21-24(15)18(25(28)27-21)13-23-19(17-9-5-6-10-22(17)31-23)14-32(29,30)16-7-3-2-4-8-16/h2-4,7-8,11-13H,5-6,9-10,14H2,1H3,(H,27,28). The van der Waals surface area contributed by atoms with Gasteiger partial charge in [0.25, 0.3) is 5.91 Å². The first-order chi connectivity index (χ1) is 15.3. The molecule has 2 heterocycles. The maximum Gasteiger partial charge on any atom is 0.256 e. The normalized spacial score (nSPS) is 16.7. The number of anilines is 1. The smallest absolute Gasteiger partial charge is 0.256 e. The van der Waals surface area contributed by atoms with E-state index in [9.17, 15) is 13.2 Å². The molecule has 164 valence electrons. The van der Waals surface area contributed by atoms with Gasteiger partial charge in [-0.25, -0.2) is 8.42 Å². The maximum absolute atomic E-state index is 13.2. The molecule has 0 radical (unpaired) electrons. The van der Waals surface area contributed by atoms with Gasteiger partial charge in [0.1, 0.15) is 11.5 Å². The Balaban J connectivity index is 1.65. The van der Waals surface area contributed by atoms with Crippen LogP contribution in [0.5, 0.6) is 0 Å². The van der Waals surface area contributed by atoms with Crippen LogP contribution in [0, 0.1) is 6.92 Å². The Morgan fingerprint density at radius 3 is 2.62 bits per heavy atom. The van der Waals surface area contributed by atoms with E-state index in [-0.39, 0.29) is 16.6 Å². The largest absolute Gasteiger partial charge is 0.461 e. The summed E-state index contributed by atoms with van der Waals surface area (Å²) in [5, 5.41) is 2.90. The molecule has 1 aliphatic heterocycles. The third-order valence-corrected chi connectivity index (χ3v) is 8.70. The second-order valence-electron chi connectivity index (χ2n) is 8.23. The average molecular weight is 512 g/mol. The number of hydrogen-bond donors (Lipinski definition) is 1. The van der Waals surface area contributed by atoms with E-state index < -0.39 is 9.84 Å². The molecule has 0 fully saturated rings. The van der Waals surface area contributed by atoms with Gasteiger partial charge < -0.3 is 9.73 Å². The topological polar surface area (TPSA) is 76.4 Å². The zero-order valence-corrected chi connectivity index (χ0v) is 20.0. The van der Waals surface area contributed by atoms with Crippen LogP contribution in [0.4, 0.5) is 5.69 Å². The van der Waals surface area contributed by atoms with Crippen molar-refractivity contribution in [2.45, 2.75) is 43.3 Å². The molecule has 7 heteroatoms. The van der Waals surface area contributed by atoms with Crippen LogP contribution in [0.3, 0.4) is 0 Å². The van der Waals surface area contributed by atoms with Gasteiger partial charge in [0, 0.05) is 27.7 Å². The van der Waals surface area contributed by atoms with Crippen molar-refractivity contribution in [1.82, 2.24) is 0 Å². The van der Waals surface area contributed by atoms with Gasteiger partial charge in [-0.2, -0.15) is 0 Å². The minimum absolute atomic E-state index is 0.152.